The Hall–Kier alpha value is -2.60. The number of aromatic nitrogens is 1. The number of nitrogens with one attached hydrogen (secondary N) is 1. The van der Waals surface area contributed by atoms with Crippen LogP contribution in [0.15, 0.2) is 42.6 Å². The molecule has 3 aliphatic rings. The van der Waals surface area contributed by atoms with Crippen LogP contribution in [0.2, 0.25) is 0 Å². The molecular formula is C24H29N3O3. The van der Waals surface area contributed by atoms with Gasteiger partial charge in [-0.25, -0.2) is 4.98 Å². The summed E-state index contributed by atoms with van der Waals surface area (Å²) in [5.74, 6) is 1.36. The van der Waals surface area contributed by atoms with Crippen LogP contribution in [0.5, 0.6) is 11.6 Å². The summed E-state index contributed by atoms with van der Waals surface area (Å²) in [6, 6.07) is 13.9. The Morgan fingerprint density at radius 3 is 2.67 bits per heavy atom. The van der Waals surface area contributed by atoms with E-state index < -0.39 is 0 Å². The average Bonchev–Trinajstić information content (AvgIpc) is 2.74. The Morgan fingerprint density at radius 1 is 1.17 bits per heavy atom. The minimum Gasteiger partial charge on any atom is -0.484 e. The Morgan fingerprint density at radius 2 is 1.93 bits per heavy atom. The van der Waals surface area contributed by atoms with Gasteiger partial charge in [0.05, 0.1) is 0 Å². The first-order valence-electron chi connectivity index (χ1n) is 11.0. The molecule has 3 aliphatic heterocycles. The van der Waals surface area contributed by atoms with Crippen molar-refractivity contribution in [1.29, 1.82) is 0 Å². The summed E-state index contributed by atoms with van der Waals surface area (Å²) in [7, 11) is 0. The van der Waals surface area contributed by atoms with Crippen molar-refractivity contribution in [3.05, 3.63) is 53.7 Å². The van der Waals surface area contributed by atoms with Crippen molar-refractivity contribution in [2.45, 2.75) is 69.8 Å². The second-order valence-corrected chi connectivity index (χ2v) is 8.75. The normalized spacial score (nSPS) is 28.0. The molecule has 6 heteroatoms. The van der Waals surface area contributed by atoms with Crippen LogP contribution in [-0.4, -0.2) is 40.5 Å². The van der Waals surface area contributed by atoms with Crippen molar-refractivity contribution in [2.75, 3.05) is 6.61 Å². The minimum absolute atomic E-state index is 0.0915. The Kier molecular flexibility index (Phi) is 5.34. The number of carbonyl (C=O) groups is 1. The van der Waals surface area contributed by atoms with E-state index in [-0.39, 0.29) is 12.0 Å². The van der Waals surface area contributed by atoms with Gasteiger partial charge in [0.1, 0.15) is 6.61 Å². The van der Waals surface area contributed by atoms with Gasteiger partial charge in [0, 0.05) is 37.8 Å². The lowest BCUT2D eigenvalue weighted by Gasteiger charge is -2.49. The smallest absolute Gasteiger partial charge is 0.257 e. The largest absolute Gasteiger partial charge is 0.484 e. The molecule has 4 heterocycles. The summed E-state index contributed by atoms with van der Waals surface area (Å²) in [5, 5.41) is 3.15. The molecule has 2 bridgehead atoms. The molecule has 2 saturated heterocycles. The second kappa shape index (κ2) is 8.26. The molecule has 1 unspecified atom stereocenters. The number of nitrogens with zero attached hydrogens (tertiary/aromatic N) is 2. The molecule has 6 nitrogen and oxygen atoms in total. The van der Waals surface area contributed by atoms with E-state index in [2.05, 4.69) is 39.5 Å². The summed E-state index contributed by atoms with van der Waals surface area (Å²) in [6.45, 7) is 3.09. The molecule has 1 amide bonds. The van der Waals surface area contributed by atoms with Gasteiger partial charge in [-0.05, 0) is 48.9 Å². The first-order chi connectivity index (χ1) is 14.7. The third kappa shape index (κ3) is 4.01. The highest BCUT2D eigenvalue weighted by atomic mass is 16.6. The molecule has 4 atom stereocenters. The maximum absolute atomic E-state index is 11.5. The maximum Gasteiger partial charge on any atom is 0.257 e. The Balaban J connectivity index is 1.24. The fourth-order valence-corrected chi connectivity index (χ4v) is 5.26. The number of rotatable bonds is 4. The lowest BCUT2D eigenvalue weighted by atomic mass is 9.81. The number of hydrogen-bond acceptors (Lipinski definition) is 5. The molecular weight excluding hydrogens is 378 g/mol. The van der Waals surface area contributed by atoms with Crippen LogP contribution < -0.4 is 14.8 Å². The zero-order chi connectivity index (χ0) is 20.5. The summed E-state index contributed by atoms with van der Waals surface area (Å²) in [5.41, 5.74) is 2.43. The Labute approximate surface area is 177 Å². The number of benzene rings is 1. The van der Waals surface area contributed by atoms with Gasteiger partial charge in [-0.1, -0.05) is 30.7 Å². The molecule has 0 saturated carbocycles. The van der Waals surface area contributed by atoms with E-state index in [9.17, 15) is 4.79 Å². The van der Waals surface area contributed by atoms with Crippen LogP contribution >= 0.6 is 0 Å². The highest BCUT2D eigenvalue weighted by molar-refractivity contribution is 5.73. The quantitative estimate of drug-likeness (QED) is 0.839. The number of ether oxygens (including phenoxy) is 2. The molecule has 0 radical (unpaired) electrons. The van der Waals surface area contributed by atoms with Gasteiger partial charge in [-0.15, -0.1) is 0 Å². The van der Waals surface area contributed by atoms with Crippen molar-refractivity contribution >= 4 is 5.91 Å². The van der Waals surface area contributed by atoms with Gasteiger partial charge < -0.3 is 14.8 Å². The third-order valence-corrected chi connectivity index (χ3v) is 6.63. The third-order valence-electron chi connectivity index (χ3n) is 6.63. The van der Waals surface area contributed by atoms with Crippen LogP contribution in [0, 0.1) is 0 Å². The number of carbonyl (C=O) groups excluding carboxylic acids is 1. The molecule has 1 aromatic heterocycles. The van der Waals surface area contributed by atoms with Crippen molar-refractivity contribution < 1.29 is 14.3 Å². The van der Waals surface area contributed by atoms with Gasteiger partial charge in [0.2, 0.25) is 5.91 Å². The van der Waals surface area contributed by atoms with Gasteiger partial charge in [0.15, 0.2) is 11.9 Å². The molecule has 30 heavy (non-hydrogen) atoms. The lowest BCUT2D eigenvalue weighted by Crippen LogP contribution is -2.56. The van der Waals surface area contributed by atoms with Crippen LogP contribution in [0.3, 0.4) is 0 Å². The standard InChI is InChI=1S/C24H29N3O3/c1-16(28)26-19-12-20-4-2-5-21(13-19)27(20)14-17-7-9-18(10-8-17)23-15-29-22-6-3-11-25-24(22)30-23/h3,6-11,19-21,23H,2,4-5,12-15H2,1H3,(H,26,28)/t19?,20-,21+,23-/m1/s1. The summed E-state index contributed by atoms with van der Waals surface area (Å²) in [4.78, 5) is 18.4. The topological polar surface area (TPSA) is 63.7 Å². The van der Waals surface area contributed by atoms with Crippen LogP contribution in [0.25, 0.3) is 0 Å². The highest BCUT2D eigenvalue weighted by Gasteiger charge is 2.38. The number of piperidine rings is 2. The van der Waals surface area contributed by atoms with E-state index in [1.807, 2.05) is 12.1 Å². The van der Waals surface area contributed by atoms with E-state index >= 15 is 0 Å². The molecule has 1 aromatic carbocycles. The van der Waals surface area contributed by atoms with Crippen molar-refractivity contribution in [1.82, 2.24) is 15.2 Å². The van der Waals surface area contributed by atoms with Crippen molar-refractivity contribution in [2.24, 2.45) is 0 Å². The number of fused-ring (bicyclic) bond motifs is 3. The summed E-state index contributed by atoms with van der Waals surface area (Å²) in [6.07, 6.45) is 7.47. The SMILES string of the molecule is CC(=O)NC1C[C@H]2CCC[C@@H](C1)N2Cc1ccc([C@H]2COc3cccnc3O2)cc1. The molecule has 2 fully saturated rings. The van der Waals surface area contributed by atoms with Crippen LogP contribution in [0.1, 0.15) is 56.3 Å². The molecule has 158 valence electrons. The number of hydrogen-bond donors (Lipinski definition) is 1. The van der Waals surface area contributed by atoms with Gasteiger partial charge in [-0.2, -0.15) is 0 Å². The second-order valence-electron chi connectivity index (χ2n) is 8.75. The van der Waals surface area contributed by atoms with Crippen LogP contribution in [-0.2, 0) is 11.3 Å². The predicted octanol–water partition coefficient (Wildman–Crippen LogP) is 3.62. The summed E-state index contributed by atoms with van der Waals surface area (Å²) >= 11 is 0. The zero-order valence-corrected chi connectivity index (χ0v) is 17.4. The van der Waals surface area contributed by atoms with Crippen LogP contribution in [0.4, 0.5) is 0 Å². The van der Waals surface area contributed by atoms with Gasteiger partial charge >= 0.3 is 0 Å². The minimum atomic E-state index is -0.130. The van der Waals surface area contributed by atoms with E-state index in [4.69, 9.17) is 9.47 Å². The first-order valence-corrected chi connectivity index (χ1v) is 11.0. The monoisotopic (exact) mass is 407 g/mol. The van der Waals surface area contributed by atoms with E-state index in [1.165, 1.54) is 24.8 Å². The van der Waals surface area contributed by atoms with Gasteiger partial charge in [-0.3, -0.25) is 9.69 Å². The molecule has 2 aromatic rings. The van der Waals surface area contributed by atoms with E-state index in [1.54, 1.807) is 13.1 Å². The molecule has 0 spiro atoms. The van der Waals surface area contributed by atoms with E-state index in [0.29, 0.717) is 36.4 Å². The maximum atomic E-state index is 11.5. The molecule has 5 rings (SSSR count). The fourth-order valence-electron chi connectivity index (χ4n) is 5.26. The van der Waals surface area contributed by atoms with Crippen molar-refractivity contribution in [3.8, 4) is 11.6 Å². The number of amides is 1. The highest BCUT2D eigenvalue weighted by Crippen LogP contribution is 2.36. The fraction of sp³-hybridized carbons (Fsp3) is 0.500. The lowest BCUT2D eigenvalue weighted by molar-refractivity contribution is -0.120. The predicted molar refractivity (Wildman–Crippen MR) is 113 cm³/mol. The molecule has 0 aliphatic carbocycles. The molecule has 1 N–H and O–H groups in total. The van der Waals surface area contributed by atoms with E-state index in [0.717, 1.165) is 24.9 Å². The zero-order valence-electron chi connectivity index (χ0n) is 17.4. The number of pyridine rings is 1. The van der Waals surface area contributed by atoms with Crippen molar-refractivity contribution in [3.63, 3.8) is 0 Å². The summed E-state index contributed by atoms with van der Waals surface area (Å²) < 4.78 is 11.8. The van der Waals surface area contributed by atoms with Gasteiger partial charge in [0.25, 0.3) is 5.88 Å². The average molecular weight is 408 g/mol. The Bertz CT molecular complexity index is 887. The first kappa shape index (κ1) is 19.4.